The lowest BCUT2D eigenvalue weighted by Gasteiger charge is -2.14. The molecule has 0 spiro atoms. The van der Waals surface area contributed by atoms with Gasteiger partial charge in [-0.3, -0.25) is 0 Å². The molecule has 154 valence electrons. The number of carbonyl (C=O) groups is 1. The summed E-state index contributed by atoms with van der Waals surface area (Å²) in [4.78, 5) is 12.0. The maximum Gasteiger partial charge on any atom is 0.361 e. The topological polar surface area (TPSA) is 70.8 Å². The molecule has 0 saturated carbocycles. The van der Waals surface area contributed by atoms with Gasteiger partial charge in [-0.05, 0) is 41.8 Å². The molecule has 0 amide bonds. The highest BCUT2D eigenvalue weighted by molar-refractivity contribution is 9.10. The zero-order chi connectivity index (χ0) is 20.5. The maximum absolute atomic E-state index is 12.0. The summed E-state index contributed by atoms with van der Waals surface area (Å²) < 4.78 is 22.5. The Morgan fingerprint density at radius 2 is 1.75 bits per heavy atom. The van der Waals surface area contributed by atoms with E-state index in [1.165, 1.54) is 0 Å². The van der Waals surface area contributed by atoms with Gasteiger partial charge in [-0.1, -0.05) is 43.4 Å². The Bertz CT molecular complexity index is 793. The third-order valence-corrected chi connectivity index (χ3v) is 4.92. The molecule has 1 aromatic carbocycles. The van der Waals surface area contributed by atoms with E-state index < -0.39 is 5.97 Å². The first-order valence-electron chi connectivity index (χ1n) is 9.45. The Kier molecular flexibility index (Phi) is 9.12. The molecule has 0 saturated heterocycles. The third kappa shape index (κ3) is 5.64. The number of halogens is 2. The van der Waals surface area contributed by atoms with E-state index in [9.17, 15) is 4.79 Å². The number of esters is 1. The summed E-state index contributed by atoms with van der Waals surface area (Å²) in [6, 6.07) is 3.45. The van der Waals surface area contributed by atoms with E-state index in [2.05, 4.69) is 34.9 Å². The molecule has 0 radical (unpaired) electrons. The van der Waals surface area contributed by atoms with Crippen LogP contribution in [0.3, 0.4) is 0 Å². The van der Waals surface area contributed by atoms with Crippen molar-refractivity contribution >= 4 is 33.5 Å². The second kappa shape index (κ2) is 11.3. The molecule has 0 bridgehead atoms. The summed E-state index contributed by atoms with van der Waals surface area (Å²) in [5, 5.41) is 4.26. The van der Waals surface area contributed by atoms with Crippen molar-refractivity contribution in [1.82, 2.24) is 5.16 Å². The maximum atomic E-state index is 12.0. The van der Waals surface area contributed by atoms with Crippen molar-refractivity contribution in [1.29, 1.82) is 0 Å². The fourth-order valence-corrected chi connectivity index (χ4v) is 3.11. The van der Waals surface area contributed by atoms with E-state index in [0.29, 0.717) is 45.5 Å². The highest BCUT2D eigenvalue weighted by Gasteiger charge is 2.25. The van der Waals surface area contributed by atoms with Crippen LogP contribution in [0.5, 0.6) is 11.5 Å². The van der Waals surface area contributed by atoms with Crippen molar-refractivity contribution < 1.29 is 23.5 Å². The zero-order valence-electron chi connectivity index (χ0n) is 16.3. The smallest absolute Gasteiger partial charge is 0.361 e. The van der Waals surface area contributed by atoms with E-state index in [-0.39, 0.29) is 12.3 Å². The number of ether oxygens (including phenoxy) is 3. The van der Waals surface area contributed by atoms with Crippen LogP contribution >= 0.6 is 27.5 Å². The SMILES string of the molecule is CCCCOc1cc(OCCCC)c(-c2onc(C(=O)OCC)c2Br)cc1Cl. The number of nitrogens with zero attached hydrogens (tertiary/aromatic N) is 1. The molecule has 0 unspecified atom stereocenters. The molecule has 0 atom stereocenters. The number of hydrogen-bond donors (Lipinski definition) is 0. The lowest BCUT2D eigenvalue weighted by Crippen LogP contribution is -2.05. The van der Waals surface area contributed by atoms with Crippen LogP contribution in [-0.4, -0.2) is 30.9 Å². The van der Waals surface area contributed by atoms with Gasteiger partial charge in [0.1, 0.15) is 16.0 Å². The molecular weight excluding hydrogens is 450 g/mol. The summed E-state index contributed by atoms with van der Waals surface area (Å²) >= 11 is 9.80. The van der Waals surface area contributed by atoms with Gasteiger partial charge in [-0.25, -0.2) is 4.79 Å². The molecule has 0 N–H and O–H groups in total. The first-order chi connectivity index (χ1) is 13.5. The Balaban J connectivity index is 2.41. The summed E-state index contributed by atoms with van der Waals surface area (Å²) in [5.74, 6) is 0.878. The summed E-state index contributed by atoms with van der Waals surface area (Å²) in [6.45, 7) is 7.26. The highest BCUT2D eigenvalue weighted by atomic mass is 79.9. The number of rotatable bonds is 11. The van der Waals surface area contributed by atoms with Crippen LogP contribution in [0.4, 0.5) is 0 Å². The van der Waals surface area contributed by atoms with Gasteiger partial charge in [0.2, 0.25) is 5.69 Å². The summed E-state index contributed by atoms with van der Waals surface area (Å²) in [6.07, 6.45) is 3.86. The van der Waals surface area contributed by atoms with Crippen molar-refractivity contribution in [3.63, 3.8) is 0 Å². The van der Waals surface area contributed by atoms with Crippen LogP contribution in [0.2, 0.25) is 5.02 Å². The molecule has 0 fully saturated rings. The molecule has 0 aliphatic carbocycles. The Hall–Kier alpha value is -1.73. The van der Waals surface area contributed by atoms with Crippen LogP contribution in [-0.2, 0) is 4.74 Å². The molecule has 0 aliphatic heterocycles. The van der Waals surface area contributed by atoms with E-state index in [4.69, 9.17) is 30.3 Å². The molecule has 0 aliphatic rings. The number of hydrogen-bond acceptors (Lipinski definition) is 6. The van der Waals surface area contributed by atoms with E-state index in [1.54, 1.807) is 19.1 Å². The lowest BCUT2D eigenvalue weighted by molar-refractivity contribution is 0.0513. The first-order valence-corrected chi connectivity index (χ1v) is 10.6. The van der Waals surface area contributed by atoms with E-state index in [0.717, 1.165) is 25.7 Å². The quantitative estimate of drug-likeness (QED) is 0.281. The van der Waals surface area contributed by atoms with E-state index in [1.807, 2.05) is 0 Å². The fraction of sp³-hybridized carbons (Fsp3) is 0.500. The minimum absolute atomic E-state index is 0.0655. The zero-order valence-corrected chi connectivity index (χ0v) is 18.7. The molecule has 2 aromatic rings. The molecule has 28 heavy (non-hydrogen) atoms. The fourth-order valence-electron chi connectivity index (χ4n) is 2.37. The van der Waals surface area contributed by atoms with Crippen LogP contribution in [0, 0.1) is 0 Å². The van der Waals surface area contributed by atoms with Crippen LogP contribution < -0.4 is 9.47 Å². The standard InChI is InChI=1S/C20H25BrClNO5/c1-4-7-9-26-15-12-16(27-10-8-5-2)14(22)11-13(15)19-17(21)18(23-28-19)20(24)25-6-3/h11-12H,4-10H2,1-3H3. The molecule has 6 nitrogen and oxygen atoms in total. The normalized spacial score (nSPS) is 10.8. The van der Waals surface area contributed by atoms with Gasteiger partial charge in [0.15, 0.2) is 5.76 Å². The third-order valence-electron chi connectivity index (χ3n) is 3.89. The molecule has 8 heteroatoms. The Morgan fingerprint density at radius 3 is 2.36 bits per heavy atom. The van der Waals surface area contributed by atoms with Gasteiger partial charge < -0.3 is 18.7 Å². The Morgan fingerprint density at radius 1 is 1.11 bits per heavy atom. The predicted molar refractivity (Wildman–Crippen MR) is 111 cm³/mol. The number of unbranched alkanes of at least 4 members (excludes halogenated alkanes) is 2. The summed E-state index contributed by atoms with van der Waals surface area (Å²) in [5.41, 5.74) is 0.648. The second-order valence-electron chi connectivity index (χ2n) is 6.08. The van der Waals surface area contributed by atoms with Crippen LogP contribution in [0.15, 0.2) is 21.1 Å². The van der Waals surface area contributed by atoms with Crippen LogP contribution in [0.1, 0.15) is 56.9 Å². The van der Waals surface area contributed by atoms with Gasteiger partial charge in [-0.15, -0.1) is 0 Å². The van der Waals surface area contributed by atoms with Crippen molar-refractivity contribution in [2.45, 2.75) is 46.5 Å². The van der Waals surface area contributed by atoms with Gasteiger partial charge in [-0.2, -0.15) is 0 Å². The van der Waals surface area contributed by atoms with Crippen molar-refractivity contribution in [2.75, 3.05) is 19.8 Å². The second-order valence-corrected chi connectivity index (χ2v) is 7.28. The van der Waals surface area contributed by atoms with Gasteiger partial charge in [0.05, 0.1) is 30.4 Å². The first kappa shape index (κ1) is 22.6. The average molecular weight is 475 g/mol. The van der Waals surface area contributed by atoms with Gasteiger partial charge in [0.25, 0.3) is 0 Å². The van der Waals surface area contributed by atoms with Crippen LogP contribution in [0.25, 0.3) is 11.3 Å². The highest BCUT2D eigenvalue weighted by Crippen LogP contribution is 2.42. The van der Waals surface area contributed by atoms with Gasteiger partial charge >= 0.3 is 5.97 Å². The minimum atomic E-state index is -0.566. The monoisotopic (exact) mass is 473 g/mol. The molecular formula is C20H25BrClNO5. The Labute approximate surface area is 178 Å². The molecule has 2 rings (SSSR count). The average Bonchev–Trinajstić information content (AvgIpc) is 3.05. The molecule has 1 heterocycles. The number of benzene rings is 1. The summed E-state index contributed by atoms with van der Waals surface area (Å²) in [7, 11) is 0. The minimum Gasteiger partial charge on any atom is -0.493 e. The van der Waals surface area contributed by atoms with Crippen molar-refractivity contribution in [3.8, 4) is 22.8 Å². The van der Waals surface area contributed by atoms with Crippen molar-refractivity contribution in [2.24, 2.45) is 0 Å². The number of aromatic nitrogens is 1. The van der Waals surface area contributed by atoms with E-state index >= 15 is 0 Å². The van der Waals surface area contributed by atoms with Gasteiger partial charge in [0, 0.05) is 6.07 Å². The largest absolute Gasteiger partial charge is 0.493 e. The van der Waals surface area contributed by atoms with Crippen molar-refractivity contribution in [3.05, 3.63) is 27.3 Å². The predicted octanol–water partition coefficient (Wildman–Crippen LogP) is 6.29. The number of carbonyl (C=O) groups excluding carboxylic acids is 1. The lowest BCUT2D eigenvalue weighted by atomic mass is 10.1. The molecule has 1 aromatic heterocycles.